The molecule has 2 aliphatic heterocycles. The van der Waals surface area contributed by atoms with Crippen molar-refractivity contribution < 1.29 is 4.79 Å². The number of rotatable bonds is 6. The van der Waals surface area contributed by atoms with Crippen LogP contribution < -0.4 is 10.2 Å². The summed E-state index contributed by atoms with van der Waals surface area (Å²) in [4.78, 5) is 22.1. The van der Waals surface area contributed by atoms with E-state index in [1.54, 1.807) is 11.8 Å². The van der Waals surface area contributed by atoms with Gasteiger partial charge in [-0.3, -0.25) is 14.6 Å². The molecule has 1 amide bonds. The molecule has 2 aromatic carbocycles. The van der Waals surface area contributed by atoms with Crippen molar-refractivity contribution in [3.05, 3.63) is 48.5 Å². The number of nitrogens with one attached hydrogen (secondary N) is 1. The van der Waals surface area contributed by atoms with Gasteiger partial charge in [0.2, 0.25) is 5.91 Å². The van der Waals surface area contributed by atoms with Crippen LogP contribution in [0.2, 0.25) is 0 Å². The van der Waals surface area contributed by atoms with Gasteiger partial charge in [0.25, 0.3) is 0 Å². The zero-order valence-corrected chi connectivity index (χ0v) is 17.3. The van der Waals surface area contributed by atoms with Crippen LogP contribution in [0.15, 0.2) is 58.3 Å². The molecule has 2 aliphatic rings. The van der Waals surface area contributed by atoms with Gasteiger partial charge in [0.1, 0.15) is 0 Å². The average Bonchev–Trinajstić information content (AvgIpc) is 2.73. The summed E-state index contributed by atoms with van der Waals surface area (Å²) < 4.78 is 0. The highest BCUT2D eigenvalue weighted by Gasteiger charge is 2.27. The fourth-order valence-electron chi connectivity index (χ4n) is 3.71. The third-order valence-electron chi connectivity index (χ3n) is 5.40. The third-order valence-corrected chi connectivity index (χ3v) is 6.53. The Balaban J connectivity index is 1.32. The van der Waals surface area contributed by atoms with Crippen LogP contribution in [-0.4, -0.2) is 68.6 Å². The molecule has 2 aromatic rings. The number of hydrogen-bond acceptors (Lipinski definition) is 5. The number of nitrogens with zero attached hydrogens (tertiary/aromatic N) is 3. The Labute approximate surface area is 171 Å². The zero-order chi connectivity index (χ0) is 19.3. The Morgan fingerprint density at radius 3 is 2.18 bits per heavy atom. The van der Waals surface area contributed by atoms with Crippen LogP contribution >= 0.6 is 11.8 Å². The van der Waals surface area contributed by atoms with Crippen molar-refractivity contribution in [2.24, 2.45) is 0 Å². The number of carbonyl (C=O) groups is 1. The van der Waals surface area contributed by atoms with Crippen molar-refractivity contribution in [1.82, 2.24) is 15.1 Å². The number of carbonyl (C=O) groups excluding carboxylic acids is 1. The van der Waals surface area contributed by atoms with E-state index >= 15 is 0 Å². The molecule has 5 nitrogen and oxygen atoms in total. The highest BCUT2D eigenvalue weighted by molar-refractivity contribution is 7.99. The Morgan fingerprint density at radius 1 is 0.929 bits per heavy atom. The first-order chi connectivity index (χ1) is 13.7. The zero-order valence-electron chi connectivity index (χ0n) is 16.4. The van der Waals surface area contributed by atoms with E-state index in [9.17, 15) is 4.79 Å². The fourth-order valence-corrected chi connectivity index (χ4v) is 4.77. The minimum absolute atomic E-state index is 0.146. The first-order valence-corrected chi connectivity index (χ1v) is 10.8. The van der Waals surface area contributed by atoms with Gasteiger partial charge in [0.05, 0.1) is 11.4 Å². The lowest BCUT2D eigenvalue weighted by Crippen LogP contribution is -2.46. The van der Waals surface area contributed by atoms with Crippen LogP contribution in [0.25, 0.3) is 0 Å². The molecule has 4 rings (SSSR count). The number of hydrogen-bond donors (Lipinski definition) is 1. The monoisotopic (exact) mass is 396 g/mol. The van der Waals surface area contributed by atoms with Crippen molar-refractivity contribution in [1.29, 1.82) is 0 Å². The molecule has 0 aliphatic carbocycles. The highest BCUT2D eigenvalue weighted by Crippen LogP contribution is 2.47. The molecule has 1 saturated heterocycles. The summed E-state index contributed by atoms with van der Waals surface area (Å²) in [6, 6.07) is 16.3. The van der Waals surface area contributed by atoms with Crippen LogP contribution in [-0.2, 0) is 4.79 Å². The normalized spacial score (nSPS) is 17.2. The summed E-state index contributed by atoms with van der Waals surface area (Å²) >= 11 is 1.73. The Kier molecular flexibility index (Phi) is 6.32. The van der Waals surface area contributed by atoms with E-state index in [1.165, 1.54) is 0 Å². The molecule has 6 heteroatoms. The first kappa shape index (κ1) is 19.5. The fraction of sp³-hybridized carbons (Fsp3) is 0.409. The second-order valence-corrected chi connectivity index (χ2v) is 8.50. The van der Waals surface area contributed by atoms with Crippen LogP contribution in [0.5, 0.6) is 0 Å². The van der Waals surface area contributed by atoms with Gasteiger partial charge < -0.3 is 10.2 Å². The first-order valence-electron chi connectivity index (χ1n) is 10.0. The number of amides is 1. The smallest absolute Gasteiger partial charge is 0.232 e. The molecule has 0 unspecified atom stereocenters. The van der Waals surface area contributed by atoms with Crippen LogP contribution in [0.3, 0.4) is 0 Å². The second kappa shape index (κ2) is 9.09. The van der Waals surface area contributed by atoms with Gasteiger partial charge in [0.15, 0.2) is 0 Å². The topological polar surface area (TPSA) is 38.8 Å². The minimum Gasteiger partial charge on any atom is -0.315 e. The molecule has 0 spiro atoms. The Bertz CT molecular complexity index is 774. The van der Waals surface area contributed by atoms with E-state index in [4.69, 9.17) is 0 Å². The Morgan fingerprint density at radius 2 is 1.54 bits per heavy atom. The Hall–Kier alpha value is -1.86. The van der Waals surface area contributed by atoms with Gasteiger partial charge in [-0.15, -0.1) is 0 Å². The highest BCUT2D eigenvalue weighted by atomic mass is 32.2. The molecule has 1 fully saturated rings. The van der Waals surface area contributed by atoms with Crippen molar-refractivity contribution in [3.8, 4) is 0 Å². The number of benzene rings is 2. The van der Waals surface area contributed by atoms with E-state index in [2.05, 4.69) is 34.3 Å². The predicted octanol–water partition coefficient (Wildman–Crippen LogP) is 3.04. The number of fused-ring (bicyclic) bond motifs is 2. The largest absolute Gasteiger partial charge is 0.315 e. The number of para-hydroxylation sites is 2. The molecule has 0 atom stereocenters. The molecular formula is C22H28N4OS. The maximum absolute atomic E-state index is 13.1. The summed E-state index contributed by atoms with van der Waals surface area (Å²) in [5, 5.41) is 3.45. The van der Waals surface area contributed by atoms with Gasteiger partial charge in [-0.1, -0.05) is 36.0 Å². The van der Waals surface area contributed by atoms with E-state index in [0.29, 0.717) is 13.0 Å². The van der Waals surface area contributed by atoms with Crippen LogP contribution in [0.4, 0.5) is 11.4 Å². The van der Waals surface area contributed by atoms with E-state index in [1.807, 2.05) is 41.3 Å². The van der Waals surface area contributed by atoms with Gasteiger partial charge >= 0.3 is 0 Å². The molecule has 0 saturated carbocycles. The summed E-state index contributed by atoms with van der Waals surface area (Å²) in [7, 11) is 2.18. The summed E-state index contributed by atoms with van der Waals surface area (Å²) in [6.07, 6.45) is 0.496. The lowest BCUT2D eigenvalue weighted by Gasteiger charge is -2.32. The lowest BCUT2D eigenvalue weighted by molar-refractivity contribution is -0.117. The van der Waals surface area contributed by atoms with E-state index in [0.717, 1.165) is 60.4 Å². The lowest BCUT2D eigenvalue weighted by atomic mass is 10.2. The van der Waals surface area contributed by atoms with Crippen molar-refractivity contribution in [2.45, 2.75) is 16.2 Å². The van der Waals surface area contributed by atoms with Gasteiger partial charge in [-0.2, -0.15) is 0 Å². The average molecular weight is 397 g/mol. The molecule has 1 N–H and O–H groups in total. The number of anilines is 2. The molecule has 28 heavy (non-hydrogen) atoms. The maximum Gasteiger partial charge on any atom is 0.232 e. The molecule has 148 valence electrons. The number of likely N-dealkylation sites (N-methyl/N-ethyl adjacent to an activating group) is 1. The number of piperazine rings is 1. The van der Waals surface area contributed by atoms with Gasteiger partial charge in [0, 0.05) is 62.0 Å². The summed E-state index contributed by atoms with van der Waals surface area (Å²) in [6.45, 7) is 7.25. The summed E-state index contributed by atoms with van der Waals surface area (Å²) in [5.74, 6) is 0.146. The van der Waals surface area contributed by atoms with Gasteiger partial charge in [-0.25, -0.2) is 0 Å². The molecule has 0 bridgehead atoms. The van der Waals surface area contributed by atoms with E-state index in [-0.39, 0.29) is 5.91 Å². The SMILES string of the molecule is CN1CCN(CCNCCC(=O)N2c3ccccc3Sc3ccccc32)CC1. The molecule has 2 heterocycles. The van der Waals surface area contributed by atoms with Crippen molar-refractivity contribution in [2.75, 3.05) is 57.8 Å². The predicted molar refractivity (Wildman–Crippen MR) is 116 cm³/mol. The van der Waals surface area contributed by atoms with Crippen LogP contribution in [0, 0.1) is 0 Å². The molecule has 0 radical (unpaired) electrons. The third kappa shape index (κ3) is 4.41. The minimum atomic E-state index is 0.146. The molecular weight excluding hydrogens is 368 g/mol. The second-order valence-electron chi connectivity index (χ2n) is 7.41. The quantitative estimate of drug-likeness (QED) is 0.760. The van der Waals surface area contributed by atoms with Gasteiger partial charge in [-0.05, 0) is 31.3 Å². The van der Waals surface area contributed by atoms with Crippen molar-refractivity contribution >= 4 is 29.0 Å². The van der Waals surface area contributed by atoms with Crippen LogP contribution in [0.1, 0.15) is 6.42 Å². The standard InChI is InChI=1S/C22H28N4OS/c1-24-14-16-25(17-15-24)13-12-23-11-10-22(27)26-18-6-2-4-8-20(18)28-21-9-5-3-7-19(21)26/h2-9,23H,10-17H2,1H3. The summed E-state index contributed by atoms with van der Waals surface area (Å²) in [5.41, 5.74) is 1.99. The maximum atomic E-state index is 13.1. The van der Waals surface area contributed by atoms with E-state index < -0.39 is 0 Å². The molecule has 0 aromatic heterocycles. The van der Waals surface area contributed by atoms with Crippen molar-refractivity contribution in [3.63, 3.8) is 0 Å².